The van der Waals surface area contributed by atoms with Crippen molar-refractivity contribution in [3.63, 3.8) is 0 Å². The number of ketones is 2. The van der Waals surface area contributed by atoms with E-state index < -0.39 is 38.3 Å². The molecule has 2 unspecified atom stereocenters. The molecule has 5 atom stereocenters. The number of ether oxygens (including phenoxy) is 1. The first kappa shape index (κ1) is 32.2. The third-order valence-corrected chi connectivity index (χ3v) is 14.7. The van der Waals surface area contributed by atoms with Gasteiger partial charge in [-0.25, -0.2) is 0 Å². The number of allylic oxidation sites excluding steroid dienone is 2. The zero-order valence-electron chi connectivity index (χ0n) is 26.7. The monoisotopic (exact) mass is 614 g/mol. The highest BCUT2D eigenvalue weighted by Gasteiger charge is 2.54. The number of rotatable bonds is 5. The van der Waals surface area contributed by atoms with Gasteiger partial charge in [-0.2, -0.15) is 0 Å². The van der Waals surface area contributed by atoms with Crippen LogP contribution in [0.4, 0.5) is 0 Å². The molecule has 3 aliphatic rings. The van der Waals surface area contributed by atoms with Gasteiger partial charge in [-0.15, -0.1) is 0 Å². The van der Waals surface area contributed by atoms with Gasteiger partial charge in [-0.05, 0) is 40.2 Å². The Bertz CT molecular complexity index is 1380. The van der Waals surface area contributed by atoms with Crippen LogP contribution in [-0.4, -0.2) is 52.0 Å². The Kier molecular flexibility index (Phi) is 9.82. The predicted molar refractivity (Wildman–Crippen MR) is 175 cm³/mol. The lowest BCUT2D eigenvalue weighted by atomic mass is 9.71. The van der Waals surface area contributed by atoms with Crippen LogP contribution in [0, 0.1) is 23.7 Å². The molecule has 0 aromatic heterocycles. The number of methoxy groups -OCH3 is 1. The van der Waals surface area contributed by atoms with E-state index in [0.717, 1.165) is 41.8 Å². The average Bonchev–Trinajstić information content (AvgIpc) is 3.77. The van der Waals surface area contributed by atoms with Gasteiger partial charge in [0.2, 0.25) is 0 Å². The second-order valence-electron chi connectivity index (χ2n) is 13.7. The minimum absolute atomic E-state index is 0.0139. The van der Waals surface area contributed by atoms with Gasteiger partial charge in [0.25, 0.3) is 8.32 Å². The lowest BCUT2D eigenvalue weighted by Gasteiger charge is -2.48. The molecule has 8 heteroatoms. The molecular formula is C36H46N2O5Si. The normalized spacial score (nSPS) is 26.8. The molecule has 0 saturated heterocycles. The molecule has 1 N–H and O–H groups in total. The topological polar surface area (TPSA) is 94.1 Å². The second kappa shape index (κ2) is 13.4. The summed E-state index contributed by atoms with van der Waals surface area (Å²) in [5.74, 6) is -1.91. The van der Waals surface area contributed by atoms with Crippen LogP contribution < -0.4 is 15.7 Å². The maximum atomic E-state index is 13.5. The summed E-state index contributed by atoms with van der Waals surface area (Å²) in [6.07, 6.45) is 5.05. The summed E-state index contributed by atoms with van der Waals surface area (Å²) >= 11 is 0. The number of esters is 1. The van der Waals surface area contributed by atoms with Gasteiger partial charge in [0, 0.05) is 48.9 Å². The van der Waals surface area contributed by atoms with Gasteiger partial charge in [0.15, 0.2) is 0 Å². The molecule has 5 rings (SSSR count). The highest BCUT2D eigenvalue weighted by molar-refractivity contribution is 6.99. The minimum atomic E-state index is -3.10. The lowest BCUT2D eigenvalue weighted by Crippen LogP contribution is -2.70. The number of hydrogen-bond acceptors (Lipinski definition) is 7. The van der Waals surface area contributed by atoms with Crippen molar-refractivity contribution in [2.45, 2.75) is 77.5 Å². The fraction of sp³-hybridized carbons (Fsp3) is 0.500. The van der Waals surface area contributed by atoms with Gasteiger partial charge in [0.1, 0.15) is 17.8 Å². The molecule has 234 valence electrons. The van der Waals surface area contributed by atoms with Crippen molar-refractivity contribution < 1.29 is 23.5 Å². The summed E-state index contributed by atoms with van der Waals surface area (Å²) in [6, 6.07) is 20.7. The molecule has 44 heavy (non-hydrogen) atoms. The van der Waals surface area contributed by atoms with Crippen LogP contribution in [0.2, 0.25) is 5.04 Å². The van der Waals surface area contributed by atoms with Crippen molar-refractivity contribution in [2.75, 3.05) is 13.7 Å². The number of nitrogens with one attached hydrogen (secondary N) is 1. The molecule has 0 amide bonds. The van der Waals surface area contributed by atoms with E-state index >= 15 is 0 Å². The maximum absolute atomic E-state index is 13.5. The van der Waals surface area contributed by atoms with E-state index in [0.29, 0.717) is 0 Å². The van der Waals surface area contributed by atoms with Crippen LogP contribution >= 0.6 is 0 Å². The average molecular weight is 615 g/mol. The summed E-state index contributed by atoms with van der Waals surface area (Å²) in [5.41, 5.74) is 2.37. The molecule has 1 aliphatic heterocycles. The first-order valence-electron chi connectivity index (χ1n) is 15.9. The molecule has 0 bridgehead atoms. The van der Waals surface area contributed by atoms with Crippen molar-refractivity contribution >= 4 is 42.4 Å². The fourth-order valence-electron chi connectivity index (χ4n) is 7.10. The predicted octanol–water partition coefficient (Wildman–Crippen LogP) is 4.98. The molecule has 7 nitrogen and oxygen atoms in total. The van der Waals surface area contributed by atoms with Crippen LogP contribution in [0.25, 0.3) is 0 Å². The summed E-state index contributed by atoms with van der Waals surface area (Å²) in [5, 5.41) is 5.40. The number of aliphatic imine (C=N–C) groups is 1. The zero-order chi connectivity index (χ0) is 31.5. The minimum Gasteiger partial charge on any atom is -0.469 e. The summed E-state index contributed by atoms with van der Waals surface area (Å²) in [6.45, 7) is 8.74. The number of carbonyl (C=O) groups is 3. The Balaban J connectivity index is 1.67. The second-order valence-corrected chi connectivity index (χ2v) is 17.9. The third kappa shape index (κ3) is 6.72. The molecule has 2 aromatic rings. The molecule has 0 spiro atoms. The van der Waals surface area contributed by atoms with Crippen LogP contribution in [0.1, 0.15) is 66.2 Å². The van der Waals surface area contributed by atoms with Crippen molar-refractivity contribution in [3.8, 4) is 0 Å². The Labute approximate surface area is 262 Å². The smallest absolute Gasteiger partial charge is 0.309 e. The van der Waals surface area contributed by atoms with Crippen molar-refractivity contribution in [1.29, 1.82) is 0 Å². The number of Topliss-reactive ketones (excluding diaryl/α,β-unsaturated/α-hetero) is 2. The van der Waals surface area contributed by atoms with Crippen LogP contribution in [0.3, 0.4) is 0 Å². The number of hydrogen-bond donors (Lipinski definition) is 1. The first-order chi connectivity index (χ1) is 21.0. The van der Waals surface area contributed by atoms with E-state index in [2.05, 4.69) is 50.4 Å². The van der Waals surface area contributed by atoms with Crippen molar-refractivity contribution in [3.05, 3.63) is 71.9 Å². The molecule has 1 heterocycles. The molecule has 0 radical (unpaired) electrons. The van der Waals surface area contributed by atoms with Crippen molar-refractivity contribution in [1.82, 2.24) is 5.32 Å². The zero-order valence-corrected chi connectivity index (χ0v) is 27.7. The fourth-order valence-corrected chi connectivity index (χ4v) is 11.8. The van der Waals surface area contributed by atoms with Gasteiger partial charge in [-0.1, -0.05) is 88.4 Å². The molecule has 1 saturated carbocycles. The highest BCUT2D eigenvalue weighted by atomic mass is 28.4. The quantitative estimate of drug-likeness (QED) is 0.377. The molecule has 1 fully saturated rings. The number of fused-ring (bicyclic) bond motifs is 1. The molecule has 2 aliphatic carbocycles. The standard InChI is InChI=1S/C36H46N2O5Si/c1-24-13-12-14-25-19-32(25)37-22-31-29(20-26(39)21-30(31)35(41)42-5)34(38-23-33(24)40)43-44(36(2,3)4,27-15-8-6-9-16-27)28-17-10-7-11-18-28/h6-11,15-18,22,24,29-31,34,38H,12-14,19-21,23H2,1-5H3/t24?,29?,30-,31+,34-/m1/s1. The number of nitrogens with zero attached hydrogens (tertiary/aromatic N) is 1. The highest BCUT2D eigenvalue weighted by Crippen LogP contribution is 2.43. The maximum Gasteiger partial charge on any atom is 0.309 e. The van der Waals surface area contributed by atoms with E-state index in [4.69, 9.17) is 14.2 Å². The molecule has 2 aromatic carbocycles. The SMILES string of the molecule is COC(=O)[C@@H]1CC(=O)CC2[C@@H](O[Si](c3ccccc3)(c3ccccc3)C(C)(C)C)NCC(=O)C(C)CCCC3=C(C3)N=C[C@@H]21. The summed E-state index contributed by atoms with van der Waals surface area (Å²) in [4.78, 5) is 44.9. The number of benzene rings is 2. The largest absolute Gasteiger partial charge is 0.469 e. The Morgan fingerprint density at radius 1 is 0.977 bits per heavy atom. The van der Waals surface area contributed by atoms with Crippen LogP contribution in [0.5, 0.6) is 0 Å². The van der Waals surface area contributed by atoms with E-state index in [1.165, 1.54) is 12.7 Å². The first-order valence-corrected chi connectivity index (χ1v) is 17.9. The van der Waals surface area contributed by atoms with E-state index in [1.807, 2.05) is 49.5 Å². The Morgan fingerprint density at radius 3 is 2.20 bits per heavy atom. The van der Waals surface area contributed by atoms with Crippen LogP contribution in [0.15, 0.2) is 76.9 Å². The summed E-state index contributed by atoms with van der Waals surface area (Å²) in [7, 11) is -1.73. The Morgan fingerprint density at radius 2 is 1.61 bits per heavy atom. The van der Waals surface area contributed by atoms with Crippen LogP contribution in [-0.2, 0) is 23.5 Å². The van der Waals surface area contributed by atoms with E-state index in [1.54, 1.807) is 0 Å². The lowest BCUT2D eigenvalue weighted by molar-refractivity contribution is -0.152. The van der Waals surface area contributed by atoms with Gasteiger partial charge < -0.3 is 9.16 Å². The Hall–Kier alpha value is -3.20. The van der Waals surface area contributed by atoms with Crippen molar-refractivity contribution in [2.24, 2.45) is 28.7 Å². The van der Waals surface area contributed by atoms with E-state index in [9.17, 15) is 14.4 Å². The summed E-state index contributed by atoms with van der Waals surface area (Å²) < 4.78 is 12.8. The number of carbonyl (C=O) groups excluding carboxylic acids is 3. The van der Waals surface area contributed by atoms with E-state index in [-0.39, 0.29) is 41.9 Å². The van der Waals surface area contributed by atoms with Gasteiger partial charge in [-0.3, -0.25) is 24.7 Å². The third-order valence-electron chi connectivity index (χ3n) is 9.69. The molecular weight excluding hydrogens is 568 g/mol. The van der Waals surface area contributed by atoms with Gasteiger partial charge >= 0.3 is 5.97 Å². The van der Waals surface area contributed by atoms with Gasteiger partial charge in [0.05, 0.1) is 19.6 Å².